The van der Waals surface area contributed by atoms with E-state index >= 15 is 0 Å². The predicted molar refractivity (Wildman–Crippen MR) is 74.8 cm³/mol. The van der Waals surface area contributed by atoms with Gasteiger partial charge in [0.25, 0.3) is 0 Å². The van der Waals surface area contributed by atoms with Crippen molar-refractivity contribution in [1.82, 2.24) is 9.78 Å². The smallest absolute Gasteiger partial charge is 0.120 e. The molecule has 0 spiro atoms. The molecule has 1 aromatic heterocycles. The molecule has 2 aromatic rings. The van der Waals surface area contributed by atoms with E-state index in [0.29, 0.717) is 17.4 Å². The summed E-state index contributed by atoms with van der Waals surface area (Å²) in [5.41, 5.74) is 6.98. The Bertz CT molecular complexity index is 524. The summed E-state index contributed by atoms with van der Waals surface area (Å²) < 4.78 is 8.22. The summed E-state index contributed by atoms with van der Waals surface area (Å²) >= 11 is 9.29. The number of ether oxygens (including phenoxy) is 1. The molecule has 1 atom stereocenters. The Morgan fingerprint density at radius 1 is 1.56 bits per heavy atom. The molecule has 18 heavy (non-hydrogen) atoms. The van der Waals surface area contributed by atoms with Gasteiger partial charge in [-0.15, -0.1) is 0 Å². The highest BCUT2D eigenvalue weighted by Crippen LogP contribution is 2.23. The van der Waals surface area contributed by atoms with Gasteiger partial charge in [0.2, 0.25) is 0 Å². The SMILES string of the molecule is Cn1ncc(Br)c1C(N)COc1cccc(Cl)c1. The first-order valence-corrected chi connectivity index (χ1v) is 6.56. The summed E-state index contributed by atoms with van der Waals surface area (Å²) in [6, 6.07) is 6.98. The van der Waals surface area contributed by atoms with Crippen molar-refractivity contribution in [2.24, 2.45) is 12.8 Å². The third kappa shape index (κ3) is 3.04. The van der Waals surface area contributed by atoms with Crippen LogP contribution in [0.1, 0.15) is 11.7 Å². The molecule has 1 heterocycles. The number of aromatic nitrogens is 2. The molecule has 0 aliphatic carbocycles. The number of hydrogen-bond donors (Lipinski definition) is 1. The van der Waals surface area contributed by atoms with Gasteiger partial charge in [0.05, 0.1) is 22.4 Å². The number of halogens is 2. The zero-order chi connectivity index (χ0) is 13.1. The number of benzene rings is 1. The topological polar surface area (TPSA) is 53.1 Å². The van der Waals surface area contributed by atoms with Gasteiger partial charge in [-0.1, -0.05) is 17.7 Å². The Hall–Kier alpha value is -1.04. The van der Waals surface area contributed by atoms with Crippen molar-refractivity contribution < 1.29 is 4.74 Å². The number of aryl methyl sites for hydroxylation is 1. The van der Waals surface area contributed by atoms with Crippen molar-refractivity contribution in [3.63, 3.8) is 0 Å². The fourth-order valence-corrected chi connectivity index (χ4v) is 2.48. The monoisotopic (exact) mass is 329 g/mol. The van der Waals surface area contributed by atoms with E-state index in [0.717, 1.165) is 10.2 Å². The van der Waals surface area contributed by atoms with Crippen LogP contribution in [-0.4, -0.2) is 16.4 Å². The fraction of sp³-hybridized carbons (Fsp3) is 0.250. The molecule has 0 amide bonds. The van der Waals surface area contributed by atoms with Crippen molar-refractivity contribution >= 4 is 27.5 Å². The van der Waals surface area contributed by atoms with Crippen molar-refractivity contribution in [2.45, 2.75) is 6.04 Å². The lowest BCUT2D eigenvalue weighted by molar-refractivity contribution is 0.285. The Balaban J connectivity index is 2.03. The molecule has 6 heteroatoms. The molecule has 0 aliphatic rings. The van der Waals surface area contributed by atoms with Crippen molar-refractivity contribution in [1.29, 1.82) is 0 Å². The Morgan fingerprint density at radius 2 is 2.33 bits per heavy atom. The van der Waals surface area contributed by atoms with Gasteiger partial charge in [0.15, 0.2) is 0 Å². The molecule has 2 N–H and O–H groups in total. The molecular weight excluding hydrogens is 318 g/mol. The predicted octanol–water partition coefficient (Wildman–Crippen LogP) is 2.91. The van der Waals surface area contributed by atoms with Crippen molar-refractivity contribution in [3.8, 4) is 5.75 Å². The first-order chi connectivity index (χ1) is 8.58. The van der Waals surface area contributed by atoms with Crippen LogP contribution in [-0.2, 0) is 7.05 Å². The van der Waals surface area contributed by atoms with Gasteiger partial charge in [-0.2, -0.15) is 5.10 Å². The second-order valence-electron chi connectivity index (χ2n) is 3.88. The minimum atomic E-state index is -0.258. The van der Waals surface area contributed by atoms with Gasteiger partial charge >= 0.3 is 0 Å². The minimum Gasteiger partial charge on any atom is -0.492 e. The molecule has 96 valence electrons. The van der Waals surface area contributed by atoms with Gasteiger partial charge in [-0.05, 0) is 34.1 Å². The van der Waals surface area contributed by atoms with Gasteiger partial charge < -0.3 is 10.5 Å². The normalized spacial score (nSPS) is 12.4. The highest BCUT2D eigenvalue weighted by Gasteiger charge is 2.15. The summed E-state index contributed by atoms with van der Waals surface area (Å²) in [5.74, 6) is 0.705. The first kappa shape index (κ1) is 13.4. The number of nitrogens with two attached hydrogens (primary N) is 1. The van der Waals surface area contributed by atoms with E-state index in [1.165, 1.54) is 0 Å². The van der Waals surface area contributed by atoms with E-state index in [-0.39, 0.29) is 6.04 Å². The van der Waals surface area contributed by atoms with Crippen LogP contribution in [0.5, 0.6) is 5.75 Å². The summed E-state index contributed by atoms with van der Waals surface area (Å²) in [6.07, 6.45) is 1.72. The van der Waals surface area contributed by atoms with E-state index in [1.807, 2.05) is 19.2 Å². The summed E-state index contributed by atoms with van der Waals surface area (Å²) in [7, 11) is 1.85. The van der Waals surface area contributed by atoms with E-state index in [1.54, 1.807) is 23.0 Å². The number of rotatable bonds is 4. The third-order valence-electron chi connectivity index (χ3n) is 2.51. The largest absolute Gasteiger partial charge is 0.492 e. The molecule has 4 nitrogen and oxygen atoms in total. The van der Waals surface area contributed by atoms with Crippen LogP contribution in [0.3, 0.4) is 0 Å². The average Bonchev–Trinajstić information content (AvgIpc) is 2.66. The number of nitrogens with zero attached hydrogens (tertiary/aromatic N) is 2. The van der Waals surface area contributed by atoms with Crippen LogP contribution in [0, 0.1) is 0 Å². The standard InChI is InChI=1S/C12H13BrClN3O/c1-17-12(10(13)6-16-17)11(15)7-18-9-4-2-3-8(14)5-9/h2-6,11H,7,15H2,1H3. The quantitative estimate of drug-likeness (QED) is 0.938. The Labute approximate surface area is 119 Å². The van der Waals surface area contributed by atoms with E-state index < -0.39 is 0 Å². The van der Waals surface area contributed by atoms with Crippen LogP contribution in [0.15, 0.2) is 34.9 Å². The highest BCUT2D eigenvalue weighted by molar-refractivity contribution is 9.10. The second kappa shape index (κ2) is 5.73. The van der Waals surface area contributed by atoms with Gasteiger partial charge in [0, 0.05) is 12.1 Å². The maximum absolute atomic E-state index is 6.08. The van der Waals surface area contributed by atoms with Gasteiger partial charge in [-0.25, -0.2) is 0 Å². The van der Waals surface area contributed by atoms with Crippen LogP contribution < -0.4 is 10.5 Å². The van der Waals surface area contributed by atoms with E-state index in [4.69, 9.17) is 22.1 Å². The lowest BCUT2D eigenvalue weighted by Gasteiger charge is -2.14. The molecule has 0 fully saturated rings. The van der Waals surface area contributed by atoms with Crippen molar-refractivity contribution in [3.05, 3.63) is 45.7 Å². The molecule has 0 aliphatic heterocycles. The zero-order valence-electron chi connectivity index (χ0n) is 9.81. The maximum Gasteiger partial charge on any atom is 0.120 e. The minimum absolute atomic E-state index is 0.258. The zero-order valence-corrected chi connectivity index (χ0v) is 12.1. The molecule has 0 saturated carbocycles. The van der Waals surface area contributed by atoms with Gasteiger partial charge in [0.1, 0.15) is 12.4 Å². The van der Waals surface area contributed by atoms with Crippen LogP contribution in [0.4, 0.5) is 0 Å². The van der Waals surface area contributed by atoms with Crippen LogP contribution >= 0.6 is 27.5 Å². The second-order valence-corrected chi connectivity index (χ2v) is 5.17. The maximum atomic E-state index is 6.08. The number of hydrogen-bond acceptors (Lipinski definition) is 3. The first-order valence-electron chi connectivity index (χ1n) is 5.39. The van der Waals surface area contributed by atoms with Gasteiger partial charge in [-0.3, -0.25) is 4.68 Å². The average molecular weight is 331 g/mol. The molecule has 0 bridgehead atoms. The summed E-state index contributed by atoms with van der Waals surface area (Å²) in [6.45, 7) is 0.360. The lowest BCUT2D eigenvalue weighted by atomic mass is 10.2. The fourth-order valence-electron chi connectivity index (χ4n) is 1.66. The molecule has 0 saturated heterocycles. The molecule has 1 unspecified atom stereocenters. The molecule has 2 rings (SSSR count). The third-order valence-corrected chi connectivity index (χ3v) is 3.36. The summed E-state index contributed by atoms with van der Waals surface area (Å²) in [5, 5.41) is 4.76. The highest BCUT2D eigenvalue weighted by atomic mass is 79.9. The molecule has 0 radical (unpaired) electrons. The summed E-state index contributed by atoms with van der Waals surface area (Å²) in [4.78, 5) is 0. The van der Waals surface area contributed by atoms with Crippen LogP contribution in [0.25, 0.3) is 0 Å². The Kier molecular flexibility index (Phi) is 4.27. The molecule has 1 aromatic carbocycles. The Morgan fingerprint density at radius 3 is 2.94 bits per heavy atom. The lowest BCUT2D eigenvalue weighted by Crippen LogP contribution is -2.22. The molecular formula is C12H13BrClN3O. The van der Waals surface area contributed by atoms with Crippen molar-refractivity contribution in [2.75, 3.05) is 6.61 Å². The van der Waals surface area contributed by atoms with E-state index in [2.05, 4.69) is 21.0 Å². The van der Waals surface area contributed by atoms with E-state index in [9.17, 15) is 0 Å². The van der Waals surface area contributed by atoms with Crippen LogP contribution in [0.2, 0.25) is 5.02 Å².